The van der Waals surface area contributed by atoms with Gasteiger partial charge in [-0.2, -0.15) is 0 Å². The first-order chi connectivity index (χ1) is 8.13. The molecule has 2 nitrogen and oxygen atoms in total. The third-order valence-electron chi connectivity index (χ3n) is 2.50. The van der Waals surface area contributed by atoms with Crippen LogP contribution in [0.2, 0.25) is 5.02 Å². The van der Waals surface area contributed by atoms with E-state index in [1.165, 1.54) is 6.07 Å². The molecule has 2 rings (SSSR count). The van der Waals surface area contributed by atoms with Crippen molar-refractivity contribution >= 4 is 22.9 Å². The monoisotopic (exact) mass is 270 g/mol. The molecular weight excluding hydrogens is 259 g/mol. The second kappa shape index (κ2) is 5.14. The van der Waals surface area contributed by atoms with Crippen LogP contribution in [0.25, 0.3) is 0 Å². The lowest BCUT2D eigenvalue weighted by atomic mass is 10.1. The molecule has 0 spiro atoms. The van der Waals surface area contributed by atoms with Crippen LogP contribution in [0.3, 0.4) is 0 Å². The third-order valence-corrected chi connectivity index (χ3v) is 3.86. The maximum absolute atomic E-state index is 13.9. The number of halogens is 2. The van der Waals surface area contributed by atoms with Gasteiger partial charge in [0, 0.05) is 15.3 Å². The molecule has 0 radical (unpaired) electrons. The SMILES string of the molecule is Cc1ccc(C(NN)c2cccc(Cl)c2F)s1. The summed E-state index contributed by atoms with van der Waals surface area (Å²) in [5.74, 6) is 5.08. The predicted octanol–water partition coefficient (Wildman–Crippen LogP) is 3.40. The van der Waals surface area contributed by atoms with Crippen LogP contribution in [0.15, 0.2) is 30.3 Å². The molecule has 90 valence electrons. The van der Waals surface area contributed by atoms with E-state index in [1.54, 1.807) is 23.5 Å². The van der Waals surface area contributed by atoms with Gasteiger partial charge in [-0.3, -0.25) is 5.84 Å². The van der Waals surface area contributed by atoms with Gasteiger partial charge in [-0.15, -0.1) is 11.3 Å². The second-order valence-corrected chi connectivity index (χ2v) is 5.42. The molecule has 0 aliphatic rings. The summed E-state index contributed by atoms with van der Waals surface area (Å²) in [6.07, 6.45) is 0. The first-order valence-corrected chi connectivity index (χ1v) is 6.29. The van der Waals surface area contributed by atoms with Crippen molar-refractivity contribution in [2.45, 2.75) is 13.0 Å². The van der Waals surface area contributed by atoms with Gasteiger partial charge in [-0.05, 0) is 25.1 Å². The summed E-state index contributed by atoms with van der Waals surface area (Å²) in [4.78, 5) is 2.12. The van der Waals surface area contributed by atoms with Crippen molar-refractivity contribution in [1.82, 2.24) is 5.43 Å². The summed E-state index contributed by atoms with van der Waals surface area (Å²) in [6, 6.07) is 8.46. The normalized spacial score (nSPS) is 12.7. The molecule has 0 saturated carbocycles. The van der Waals surface area contributed by atoms with E-state index in [1.807, 2.05) is 19.1 Å². The standard InChI is InChI=1S/C12H12ClFN2S/c1-7-5-6-10(17-7)12(16-15)8-3-2-4-9(13)11(8)14/h2-6,12,16H,15H2,1H3. The third kappa shape index (κ3) is 2.50. The average molecular weight is 271 g/mol. The fourth-order valence-electron chi connectivity index (χ4n) is 1.68. The maximum Gasteiger partial charge on any atom is 0.146 e. The zero-order chi connectivity index (χ0) is 12.4. The molecule has 1 unspecified atom stereocenters. The molecular formula is C12H12ClFN2S. The van der Waals surface area contributed by atoms with Gasteiger partial charge in [-0.1, -0.05) is 23.7 Å². The Bertz CT molecular complexity index is 527. The topological polar surface area (TPSA) is 38.0 Å². The van der Waals surface area contributed by atoms with Gasteiger partial charge in [0.2, 0.25) is 0 Å². The van der Waals surface area contributed by atoms with Gasteiger partial charge in [0.1, 0.15) is 5.82 Å². The minimum atomic E-state index is -0.428. The van der Waals surface area contributed by atoms with Gasteiger partial charge in [0.05, 0.1) is 11.1 Å². The number of aryl methyl sites for hydroxylation is 1. The van der Waals surface area contributed by atoms with E-state index < -0.39 is 5.82 Å². The summed E-state index contributed by atoms with van der Waals surface area (Å²) in [5, 5.41) is 0.107. The molecule has 0 amide bonds. The van der Waals surface area contributed by atoms with Crippen LogP contribution in [-0.4, -0.2) is 0 Å². The maximum atomic E-state index is 13.9. The first kappa shape index (κ1) is 12.5. The smallest absolute Gasteiger partial charge is 0.146 e. The molecule has 1 aromatic carbocycles. The van der Waals surface area contributed by atoms with Gasteiger partial charge in [0.25, 0.3) is 0 Å². The number of nitrogens with one attached hydrogen (secondary N) is 1. The fourth-order valence-corrected chi connectivity index (χ4v) is 2.82. The molecule has 0 saturated heterocycles. The quantitative estimate of drug-likeness (QED) is 0.663. The molecule has 0 aliphatic carbocycles. The van der Waals surface area contributed by atoms with Crippen LogP contribution in [0.1, 0.15) is 21.4 Å². The van der Waals surface area contributed by atoms with Crippen molar-refractivity contribution in [2.24, 2.45) is 5.84 Å². The average Bonchev–Trinajstić information content (AvgIpc) is 2.72. The molecule has 0 bridgehead atoms. The lowest BCUT2D eigenvalue weighted by molar-refractivity contribution is 0.564. The number of rotatable bonds is 3. The Kier molecular flexibility index (Phi) is 3.79. The molecule has 0 fully saturated rings. The van der Waals surface area contributed by atoms with Crippen molar-refractivity contribution < 1.29 is 4.39 Å². The number of hydrazine groups is 1. The van der Waals surface area contributed by atoms with Crippen molar-refractivity contribution in [3.05, 3.63) is 56.5 Å². The van der Waals surface area contributed by atoms with Crippen LogP contribution in [0.5, 0.6) is 0 Å². The zero-order valence-corrected chi connectivity index (χ0v) is 10.8. The molecule has 5 heteroatoms. The highest BCUT2D eigenvalue weighted by molar-refractivity contribution is 7.12. The van der Waals surface area contributed by atoms with E-state index in [0.29, 0.717) is 5.56 Å². The van der Waals surface area contributed by atoms with Crippen molar-refractivity contribution in [1.29, 1.82) is 0 Å². The Hall–Kier alpha value is -0.940. The van der Waals surface area contributed by atoms with Gasteiger partial charge in [-0.25, -0.2) is 9.82 Å². The van der Waals surface area contributed by atoms with Crippen LogP contribution >= 0.6 is 22.9 Å². The van der Waals surface area contributed by atoms with E-state index in [9.17, 15) is 4.39 Å². The number of hydrogen-bond acceptors (Lipinski definition) is 3. The molecule has 1 aromatic heterocycles. The van der Waals surface area contributed by atoms with E-state index in [4.69, 9.17) is 17.4 Å². The highest BCUT2D eigenvalue weighted by atomic mass is 35.5. The summed E-state index contributed by atoms with van der Waals surface area (Å²) >= 11 is 7.34. The molecule has 2 aromatic rings. The zero-order valence-electron chi connectivity index (χ0n) is 9.21. The van der Waals surface area contributed by atoms with Crippen molar-refractivity contribution in [3.63, 3.8) is 0 Å². The second-order valence-electron chi connectivity index (χ2n) is 3.69. The molecule has 0 aliphatic heterocycles. The summed E-state index contributed by atoms with van der Waals surface area (Å²) in [7, 11) is 0. The number of thiophene rings is 1. The highest BCUT2D eigenvalue weighted by Gasteiger charge is 2.19. The Morgan fingerprint density at radius 2 is 2.12 bits per heavy atom. The van der Waals surface area contributed by atoms with Gasteiger partial charge >= 0.3 is 0 Å². The lowest BCUT2D eigenvalue weighted by Crippen LogP contribution is -2.28. The number of nitrogens with two attached hydrogens (primary N) is 1. The van der Waals surface area contributed by atoms with E-state index in [-0.39, 0.29) is 11.1 Å². The van der Waals surface area contributed by atoms with E-state index in [0.717, 1.165) is 9.75 Å². The Balaban J connectivity index is 2.45. The molecule has 1 heterocycles. The highest BCUT2D eigenvalue weighted by Crippen LogP contribution is 2.31. The Labute approximate surface area is 108 Å². The lowest BCUT2D eigenvalue weighted by Gasteiger charge is -2.16. The molecule has 1 atom stereocenters. The predicted molar refractivity (Wildman–Crippen MR) is 69.6 cm³/mol. The number of hydrogen-bond donors (Lipinski definition) is 2. The fraction of sp³-hybridized carbons (Fsp3) is 0.167. The molecule has 17 heavy (non-hydrogen) atoms. The van der Waals surface area contributed by atoms with E-state index in [2.05, 4.69) is 5.43 Å². The van der Waals surface area contributed by atoms with Crippen LogP contribution in [-0.2, 0) is 0 Å². The van der Waals surface area contributed by atoms with Gasteiger partial charge < -0.3 is 0 Å². The van der Waals surface area contributed by atoms with Crippen LogP contribution in [0, 0.1) is 12.7 Å². The first-order valence-electron chi connectivity index (χ1n) is 5.10. The minimum Gasteiger partial charge on any atom is -0.271 e. The summed E-state index contributed by atoms with van der Waals surface area (Å²) in [5.41, 5.74) is 3.09. The van der Waals surface area contributed by atoms with Crippen LogP contribution in [0.4, 0.5) is 4.39 Å². The van der Waals surface area contributed by atoms with Crippen molar-refractivity contribution in [3.8, 4) is 0 Å². The Morgan fingerprint density at radius 3 is 2.71 bits per heavy atom. The van der Waals surface area contributed by atoms with E-state index >= 15 is 0 Å². The van der Waals surface area contributed by atoms with Gasteiger partial charge in [0.15, 0.2) is 0 Å². The Morgan fingerprint density at radius 1 is 1.35 bits per heavy atom. The van der Waals surface area contributed by atoms with Crippen molar-refractivity contribution in [2.75, 3.05) is 0 Å². The molecule has 3 N–H and O–H groups in total. The largest absolute Gasteiger partial charge is 0.271 e. The minimum absolute atomic E-state index is 0.107. The summed E-state index contributed by atoms with van der Waals surface area (Å²) < 4.78 is 13.9. The number of benzene rings is 1. The summed E-state index contributed by atoms with van der Waals surface area (Å²) in [6.45, 7) is 2.00. The van der Waals surface area contributed by atoms with Crippen LogP contribution < -0.4 is 11.3 Å².